The molecular formula is C23H28N4O5. The Balaban J connectivity index is 0.000000547. The van der Waals surface area contributed by atoms with Crippen molar-refractivity contribution >= 4 is 18.6 Å². The lowest BCUT2D eigenvalue weighted by Gasteiger charge is -2.24. The standard InChI is InChI=1S/C21H24N4O.2CH2O2/c1-25(18-9-11-22-12-10-18)15-20-19-13-17(7-8-21(19)26-24-20)23-14-16-5-3-2-4-6-16;2*2-1-3/h2-6,9-12,17,23H,7-8,13-15H2,1H3;2*1H,(H,2,3). The van der Waals surface area contributed by atoms with Crippen LogP contribution in [0.2, 0.25) is 0 Å². The fraction of sp³-hybridized carbons (Fsp3) is 0.304. The second-order valence-corrected chi connectivity index (χ2v) is 7.11. The van der Waals surface area contributed by atoms with Crippen LogP contribution >= 0.6 is 0 Å². The van der Waals surface area contributed by atoms with E-state index in [0.29, 0.717) is 6.04 Å². The van der Waals surface area contributed by atoms with E-state index in [4.69, 9.17) is 24.3 Å². The van der Waals surface area contributed by atoms with Crippen molar-refractivity contribution < 1.29 is 24.3 Å². The maximum Gasteiger partial charge on any atom is 0.290 e. The third-order valence-electron chi connectivity index (χ3n) is 5.05. The Kier molecular flexibility index (Phi) is 10.4. The van der Waals surface area contributed by atoms with E-state index in [-0.39, 0.29) is 12.9 Å². The molecule has 0 fully saturated rings. The minimum Gasteiger partial charge on any atom is -0.483 e. The molecule has 1 aliphatic rings. The van der Waals surface area contributed by atoms with Crippen LogP contribution in [0.15, 0.2) is 59.4 Å². The summed E-state index contributed by atoms with van der Waals surface area (Å²) in [5.41, 5.74) is 4.78. The molecule has 0 saturated heterocycles. The van der Waals surface area contributed by atoms with Gasteiger partial charge in [-0.3, -0.25) is 14.6 Å². The van der Waals surface area contributed by atoms with Crippen LogP contribution in [-0.2, 0) is 35.5 Å². The minimum atomic E-state index is -0.250. The number of nitrogens with one attached hydrogen (secondary N) is 1. The lowest BCUT2D eigenvalue weighted by molar-refractivity contribution is -0.123. The van der Waals surface area contributed by atoms with Crippen molar-refractivity contribution in [2.24, 2.45) is 0 Å². The summed E-state index contributed by atoms with van der Waals surface area (Å²) in [7, 11) is 2.07. The number of carbonyl (C=O) groups is 2. The molecule has 0 saturated carbocycles. The van der Waals surface area contributed by atoms with E-state index in [1.807, 2.05) is 24.5 Å². The lowest BCUT2D eigenvalue weighted by Crippen LogP contribution is -2.34. The predicted octanol–water partition coefficient (Wildman–Crippen LogP) is 2.75. The van der Waals surface area contributed by atoms with Gasteiger partial charge in [0.2, 0.25) is 0 Å². The number of hydrogen-bond acceptors (Lipinski definition) is 7. The van der Waals surface area contributed by atoms with Gasteiger partial charge in [0.1, 0.15) is 11.5 Å². The van der Waals surface area contributed by atoms with Gasteiger partial charge in [-0.05, 0) is 30.5 Å². The van der Waals surface area contributed by atoms with Gasteiger partial charge in [-0.15, -0.1) is 0 Å². The molecule has 9 nitrogen and oxygen atoms in total. The Hall–Kier alpha value is -3.72. The van der Waals surface area contributed by atoms with Gasteiger partial charge in [0.15, 0.2) is 0 Å². The number of fused-ring (bicyclic) bond motifs is 1. The zero-order valence-corrected chi connectivity index (χ0v) is 17.9. The number of pyridine rings is 1. The van der Waals surface area contributed by atoms with Crippen molar-refractivity contribution in [1.29, 1.82) is 0 Å². The van der Waals surface area contributed by atoms with Crippen LogP contribution in [0.3, 0.4) is 0 Å². The van der Waals surface area contributed by atoms with E-state index in [9.17, 15) is 0 Å². The summed E-state index contributed by atoms with van der Waals surface area (Å²) in [5.74, 6) is 1.06. The molecule has 0 radical (unpaired) electrons. The zero-order valence-electron chi connectivity index (χ0n) is 17.9. The summed E-state index contributed by atoms with van der Waals surface area (Å²) in [6.07, 6.45) is 6.65. The van der Waals surface area contributed by atoms with Crippen molar-refractivity contribution in [3.63, 3.8) is 0 Å². The highest BCUT2D eigenvalue weighted by Crippen LogP contribution is 2.26. The number of benzene rings is 1. The van der Waals surface area contributed by atoms with Gasteiger partial charge in [-0.2, -0.15) is 0 Å². The van der Waals surface area contributed by atoms with Crippen LogP contribution in [0.5, 0.6) is 0 Å². The molecule has 32 heavy (non-hydrogen) atoms. The molecule has 3 N–H and O–H groups in total. The smallest absolute Gasteiger partial charge is 0.290 e. The van der Waals surface area contributed by atoms with E-state index in [1.54, 1.807) is 0 Å². The minimum absolute atomic E-state index is 0.250. The van der Waals surface area contributed by atoms with Gasteiger partial charge in [-0.25, -0.2) is 0 Å². The highest BCUT2D eigenvalue weighted by Gasteiger charge is 2.26. The van der Waals surface area contributed by atoms with Crippen molar-refractivity contribution in [3.8, 4) is 0 Å². The van der Waals surface area contributed by atoms with Crippen LogP contribution in [0, 0.1) is 0 Å². The number of nitrogens with zero attached hydrogens (tertiary/aromatic N) is 3. The number of carboxylic acid groups (broad SMARTS) is 2. The molecule has 2 aromatic heterocycles. The van der Waals surface area contributed by atoms with Crippen molar-refractivity contribution in [3.05, 3.63) is 77.4 Å². The van der Waals surface area contributed by atoms with E-state index < -0.39 is 0 Å². The Morgan fingerprint density at radius 3 is 2.44 bits per heavy atom. The highest BCUT2D eigenvalue weighted by molar-refractivity contribution is 5.44. The third kappa shape index (κ3) is 7.51. The molecule has 0 aliphatic heterocycles. The molecule has 170 valence electrons. The number of anilines is 1. The first-order valence-electron chi connectivity index (χ1n) is 10.1. The molecule has 0 spiro atoms. The average Bonchev–Trinajstić information content (AvgIpc) is 3.22. The molecule has 2 heterocycles. The summed E-state index contributed by atoms with van der Waals surface area (Å²) in [6, 6.07) is 15.0. The van der Waals surface area contributed by atoms with Gasteiger partial charge in [0, 0.05) is 49.7 Å². The van der Waals surface area contributed by atoms with E-state index in [1.165, 1.54) is 11.1 Å². The van der Waals surface area contributed by atoms with E-state index >= 15 is 0 Å². The maximum absolute atomic E-state index is 8.36. The fourth-order valence-corrected chi connectivity index (χ4v) is 3.53. The summed E-state index contributed by atoms with van der Waals surface area (Å²) in [6.45, 7) is 1.15. The summed E-state index contributed by atoms with van der Waals surface area (Å²) < 4.78 is 5.62. The first-order chi connectivity index (χ1) is 15.6. The fourth-order valence-electron chi connectivity index (χ4n) is 3.53. The van der Waals surface area contributed by atoms with Gasteiger partial charge >= 0.3 is 0 Å². The molecule has 3 aromatic rings. The molecule has 4 rings (SSSR count). The van der Waals surface area contributed by atoms with E-state index in [2.05, 4.69) is 57.7 Å². The lowest BCUT2D eigenvalue weighted by atomic mass is 9.91. The topological polar surface area (TPSA) is 129 Å². The average molecular weight is 441 g/mol. The van der Waals surface area contributed by atoms with Gasteiger partial charge < -0.3 is 25.0 Å². The summed E-state index contributed by atoms with van der Waals surface area (Å²) in [5, 5.41) is 21.8. The quantitative estimate of drug-likeness (QED) is 0.496. The summed E-state index contributed by atoms with van der Waals surface area (Å²) in [4.78, 5) is 23.0. The monoisotopic (exact) mass is 440 g/mol. The van der Waals surface area contributed by atoms with Gasteiger partial charge in [0.05, 0.1) is 6.54 Å². The second kappa shape index (κ2) is 13.6. The van der Waals surface area contributed by atoms with Gasteiger partial charge in [-0.1, -0.05) is 35.5 Å². The predicted molar refractivity (Wildman–Crippen MR) is 119 cm³/mol. The normalized spacial score (nSPS) is 14.0. The van der Waals surface area contributed by atoms with Crippen molar-refractivity contribution in [1.82, 2.24) is 15.5 Å². The SMILES string of the molecule is CN(Cc1noc2c1CC(NCc1ccccc1)CC2)c1ccncc1.O=CO.O=CO. The maximum atomic E-state index is 8.36. The van der Waals surface area contributed by atoms with Crippen LogP contribution < -0.4 is 10.2 Å². The molecule has 9 heteroatoms. The van der Waals surface area contributed by atoms with Crippen molar-refractivity contribution in [2.75, 3.05) is 11.9 Å². The van der Waals surface area contributed by atoms with Gasteiger partial charge in [0.25, 0.3) is 12.9 Å². The van der Waals surface area contributed by atoms with Crippen LogP contribution in [0.25, 0.3) is 0 Å². The van der Waals surface area contributed by atoms with Crippen LogP contribution in [0.4, 0.5) is 5.69 Å². The first-order valence-corrected chi connectivity index (χ1v) is 10.1. The van der Waals surface area contributed by atoms with Crippen molar-refractivity contribution in [2.45, 2.75) is 38.4 Å². The number of hydrogen-bond donors (Lipinski definition) is 3. The molecule has 1 aliphatic carbocycles. The second-order valence-electron chi connectivity index (χ2n) is 7.11. The largest absolute Gasteiger partial charge is 0.483 e. The number of aryl methyl sites for hydroxylation is 1. The Morgan fingerprint density at radius 1 is 1.12 bits per heavy atom. The molecule has 1 atom stereocenters. The van der Waals surface area contributed by atoms with Crippen LogP contribution in [-0.4, -0.2) is 46.4 Å². The molecule has 1 aromatic carbocycles. The first kappa shape index (κ1) is 24.5. The Morgan fingerprint density at radius 2 is 1.78 bits per heavy atom. The molecular weight excluding hydrogens is 412 g/mol. The molecule has 0 amide bonds. The number of rotatable bonds is 6. The van der Waals surface area contributed by atoms with Crippen LogP contribution in [0.1, 0.15) is 29.0 Å². The van der Waals surface area contributed by atoms with E-state index in [0.717, 1.165) is 49.5 Å². The molecule has 1 unspecified atom stereocenters. The Labute approximate surface area is 186 Å². The summed E-state index contributed by atoms with van der Waals surface area (Å²) >= 11 is 0. The zero-order chi connectivity index (χ0) is 23.2. The molecule has 0 bridgehead atoms. The third-order valence-corrected chi connectivity index (χ3v) is 5.05. The highest BCUT2D eigenvalue weighted by atomic mass is 16.5. The number of aromatic nitrogens is 2. The Bertz CT molecular complexity index is 928.